The van der Waals surface area contributed by atoms with Crippen molar-refractivity contribution < 1.29 is 4.79 Å². The summed E-state index contributed by atoms with van der Waals surface area (Å²) in [6.45, 7) is 4.01. The largest absolute Gasteiger partial charge is 0.272 e. The highest BCUT2D eigenvalue weighted by Crippen LogP contribution is 2.25. The first kappa shape index (κ1) is 11.1. The second kappa shape index (κ2) is 4.22. The van der Waals surface area contributed by atoms with Gasteiger partial charge >= 0.3 is 0 Å². The van der Waals surface area contributed by atoms with Crippen LogP contribution < -0.4 is 10.4 Å². The number of benzene rings is 1. The van der Waals surface area contributed by atoms with Gasteiger partial charge in [0.25, 0.3) is 0 Å². The van der Waals surface area contributed by atoms with E-state index >= 15 is 0 Å². The Balaban J connectivity index is 2.28. The van der Waals surface area contributed by atoms with E-state index in [-0.39, 0.29) is 17.7 Å². The number of amides is 1. The van der Waals surface area contributed by atoms with Crippen molar-refractivity contribution in [3.8, 4) is 0 Å². The lowest BCUT2D eigenvalue weighted by atomic mass is 9.96. The van der Waals surface area contributed by atoms with Crippen molar-refractivity contribution in [2.45, 2.75) is 13.8 Å². The number of nitrogens with one attached hydrogen (secondary N) is 1. The quantitative estimate of drug-likeness (QED) is 0.796. The van der Waals surface area contributed by atoms with Crippen molar-refractivity contribution in [2.24, 2.45) is 11.8 Å². The molecule has 1 aromatic rings. The third-order valence-corrected chi connectivity index (χ3v) is 3.11. The van der Waals surface area contributed by atoms with E-state index in [0.717, 1.165) is 5.69 Å². The second-order valence-electron chi connectivity index (χ2n) is 4.21. The van der Waals surface area contributed by atoms with Crippen LogP contribution >= 0.6 is 12.2 Å². The lowest BCUT2D eigenvalue weighted by Crippen LogP contribution is -2.34. The molecule has 1 heterocycles. The lowest BCUT2D eigenvalue weighted by Gasteiger charge is -2.18. The smallest absolute Gasteiger partial charge is 0.249 e. The van der Waals surface area contributed by atoms with Crippen molar-refractivity contribution in [3.63, 3.8) is 0 Å². The third kappa shape index (κ3) is 1.80. The molecule has 16 heavy (non-hydrogen) atoms. The summed E-state index contributed by atoms with van der Waals surface area (Å²) in [5.41, 5.74) is 3.71. The molecule has 0 spiro atoms. The van der Waals surface area contributed by atoms with Gasteiger partial charge in [-0.1, -0.05) is 44.3 Å². The van der Waals surface area contributed by atoms with Gasteiger partial charge < -0.3 is 0 Å². The van der Waals surface area contributed by atoms with Crippen molar-refractivity contribution in [1.82, 2.24) is 5.43 Å². The normalized spacial score (nSPS) is 20.4. The molecule has 0 unspecified atom stereocenters. The number of rotatable bonds is 2. The number of hydrogen-bond acceptors (Lipinski definition) is 2. The Labute approximate surface area is 100 Å². The summed E-state index contributed by atoms with van der Waals surface area (Å²) in [6, 6.07) is 9.63. The van der Waals surface area contributed by atoms with Crippen molar-refractivity contribution in [2.75, 3.05) is 5.01 Å². The van der Waals surface area contributed by atoms with Crippen LogP contribution in [-0.2, 0) is 4.79 Å². The van der Waals surface area contributed by atoms with Gasteiger partial charge in [-0.05, 0) is 18.1 Å². The van der Waals surface area contributed by atoms with Crippen LogP contribution in [0.15, 0.2) is 30.3 Å². The van der Waals surface area contributed by atoms with Crippen LogP contribution in [0.3, 0.4) is 0 Å². The first-order valence-electron chi connectivity index (χ1n) is 5.31. The van der Waals surface area contributed by atoms with Crippen LogP contribution in [0.2, 0.25) is 0 Å². The number of carbonyl (C=O) groups excluding carboxylic acids is 1. The Bertz CT molecular complexity index is 416. The monoisotopic (exact) mass is 234 g/mol. The molecule has 0 aliphatic carbocycles. The Morgan fingerprint density at radius 1 is 1.31 bits per heavy atom. The molecule has 1 fully saturated rings. The second-order valence-corrected chi connectivity index (χ2v) is 4.63. The number of nitrogens with zero attached hydrogens (tertiary/aromatic N) is 1. The van der Waals surface area contributed by atoms with Crippen LogP contribution in [-0.4, -0.2) is 10.9 Å². The maximum Gasteiger partial charge on any atom is 0.249 e. The molecule has 1 N–H and O–H groups in total. The minimum atomic E-state index is -0.199. The van der Waals surface area contributed by atoms with E-state index in [1.165, 1.54) is 0 Å². The summed E-state index contributed by atoms with van der Waals surface area (Å²) >= 11 is 5.34. The topological polar surface area (TPSA) is 32.3 Å². The van der Waals surface area contributed by atoms with Crippen LogP contribution in [0.5, 0.6) is 0 Å². The molecule has 0 saturated carbocycles. The predicted molar refractivity (Wildman–Crippen MR) is 68.0 cm³/mol. The molecule has 0 radical (unpaired) electrons. The zero-order valence-electron chi connectivity index (χ0n) is 9.31. The van der Waals surface area contributed by atoms with Gasteiger partial charge in [0, 0.05) is 0 Å². The lowest BCUT2D eigenvalue weighted by molar-refractivity contribution is -0.122. The highest BCUT2D eigenvalue weighted by Gasteiger charge is 2.38. The van der Waals surface area contributed by atoms with Gasteiger partial charge in [0.15, 0.2) is 0 Å². The van der Waals surface area contributed by atoms with Crippen molar-refractivity contribution in [1.29, 1.82) is 0 Å². The molecule has 84 valence electrons. The first-order valence-corrected chi connectivity index (χ1v) is 5.71. The zero-order chi connectivity index (χ0) is 11.7. The Hall–Kier alpha value is -1.42. The minimum absolute atomic E-state index is 0.0103. The molecule has 2 rings (SSSR count). The Morgan fingerprint density at radius 3 is 2.44 bits per heavy atom. The molecular formula is C12H14N2OS. The Kier molecular flexibility index (Phi) is 2.92. The molecule has 1 atom stereocenters. The number of para-hydroxylation sites is 1. The molecule has 1 aliphatic heterocycles. The zero-order valence-corrected chi connectivity index (χ0v) is 10.1. The van der Waals surface area contributed by atoms with Gasteiger partial charge in [0.1, 0.15) is 4.99 Å². The highest BCUT2D eigenvalue weighted by atomic mass is 32.1. The summed E-state index contributed by atoms with van der Waals surface area (Å²) in [6.07, 6.45) is 0. The Morgan fingerprint density at radius 2 is 1.94 bits per heavy atom. The van der Waals surface area contributed by atoms with Gasteiger partial charge in [-0.15, -0.1) is 0 Å². The van der Waals surface area contributed by atoms with Crippen LogP contribution in [0.1, 0.15) is 13.8 Å². The molecule has 1 amide bonds. The van der Waals surface area contributed by atoms with Gasteiger partial charge in [0.05, 0.1) is 11.6 Å². The minimum Gasteiger partial charge on any atom is -0.272 e. The van der Waals surface area contributed by atoms with Gasteiger partial charge in [0.2, 0.25) is 5.91 Å². The van der Waals surface area contributed by atoms with E-state index in [1.807, 2.05) is 44.2 Å². The number of hydrazine groups is 1. The van der Waals surface area contributed by atoms with E-state index in [0.29, 0.717) is 4.99 Å². The van der Waals surface area contributed by atoms with Crippen LogP contribution in [0.25, 0.3) is 0 Å². The van der Waals surface area contributed by atoms with Gasteiger partial charge in [-0.25, -0.2) is 5.01 Å². The molecule has 3 nitrogen and oxygen atoms in total. The number of thiocarbonyl (C=S) groups is 1. The summed E-state index contributed by atoms with van der Waals surface area (Å²) < 4.78 is 0. The maximum absolute atomic E-state index is 11.8. The van der Waals surface area contributed by atoms with E-state index in [4.69, 9.17) is 12.2 Å². The molecule has 4 heteroatoms. The third-order valence-electron chi connectivity index (χ3n) is 2.67. The fraction of sp³-hybridized carbons (Fsp3) is 0.333. The van der Waals surface area contributed by atoms with Crippen molar-refractivity contribution >= 4 is 28.8 Å². The highest BCUT2D eigenvalue weighted by molar-refractivity contribution is 7.80. The molecule has 1 aliphatic rings. The van der Waals surface area contributed by atoms with E-state index in [1.54, 1.807) is 5.01 Å². The van der Waals surface area contributed by atoms with Crippen LogP contribution in [0, 0.1) is 11.8 Å². The molecular weight excluding hydrogens is 220 g/mol. The van der Waals surface area contributed by atoms with Crippen LogP contribution in [0.4, 0.5) is 5.69 Å². The summed E-state index contributed by atoms with van der Waals surface area (Å²) in [5.74, 6) is 0.0141. The average molecular weight is 234 g/mol. The van der Waals surface area contributed by atoms with Crippen molar-refractivity contribution in [3.05, 3.63) is 30.3 Å². The summed E-state index contributed by atoms with van der Waals surface area (Å²) in [5, 5.41) is 1.70. The SMILES string of the molecule is CC(C)[C@@H]1C(=O)NN(c2ccccc2)C1=S. The van der Waals surface area contributed by atoms with Gasteiger partial charge in [-0.3, -0.25) is 10.2 Å². The summed E-state index contributed by atoms with van der Waals surface area (Å²) in [7, 11) is 0. The van der Waals surface area contributed by atoms with E-state index in [9.17, 15) is 4.79 Å². The standard InChI is InChI=1S/C12H14N2OS/c1-8(2)10-11(15)13-14(12(10)16)9-6-4-3-5-7-9/h3-8,10H,1-2H3,(H,13,15)/t10-/m1/s1. The van der Waals surface area contributed by atoms with E-state index in [2.05, 4.69) is 5.43 Å². The molecule has 0 aromatic heterocycles. The first-order chi connectivity index (χ1) is 7.61. The molecule has 1 saturated heterocycles. The average Bonchev–Trinajstić information content (AvgIpc) is 2.55. The van der Waals surface area contributed by atoms with Gasteiger partial charge in [-0.2, -0.15) is 0 Å². The van der Waals surface area contributed by atoms with E-state index < -0.39 is 0 Å². The number of hydrogen-bond donors (Lipinski definition) is 1. The fourth-order valence-corrected chi connectivity index (χ4v) is 2.37. The molecule has 1 aromatic carbocycles. The predicted octanol–water partition coefficient (Wildman–Crippen LogP) is 2.14. The number of anilines is 1. The number of carbonyl (C=O) groups is 1. The summed E-state index contributed by atoms with van der Waals surface area (Å²) in [4.78, 5) is 12.4. The fourth-order valence-electron chi connectivity index (χ4n) is 1.84. The maximum atomic E-state index is 11.8. The molecule has 0 bridgehead atoms.